The maximum atomic E-state index is 7.23. The van der Waals surface area contributed by atoms with Crippen molar-refractivity contribution in [2.75, 3.05) is 4.90 Å². The SMILES string of the molecule is CC1(C)c2ccccc2-c2ccc(N(c3ccc(-c4ccccc4)cc3)c3ccc4c(c3)-c3ccccc3C43c4ccccc4-c4oc(-c5ccccc5)c(-c5ccccc5)c43)cc21. The van der Waals surface area contributed by atoms with Crippen molar-refractivity contribution < 1.29 is 4.42 Å². The van der Waals surface area contributed by atoms with Crippen LogP contribution in [0.15, 0.2) is 229 Å². The zero-order chi connectivity index (χ0) is 42.6. The third-order valence-corrected chi connectivity index (χ3v) is 14.3. The van der Waals surface area contributed by atoms with E-state index in [-0.39, 0.29) is 5.41 Å². The number of benzene rings is 9. The molecule has 2 heteroatoms. The number of anilines is 3. The van der Waals surface area contributed by atoms with Crippen molar-refractivity contribution in [2.45, 2.75) is 24.7 Å². The first-order valence-corrected chi connectivity index (χ1v) is 22.3. The molecule has 13 rings (SSSR count). The summed E-state index contributed by atoms with van der Waals surface area (Å²) in [6, 6.07) is 82.4. The van der Waals surface area contributed by atoms with Gasteiger partial charge in [-0.2, -0.15) is 0 Å². The van der Waals surface area contributed by atoms with Crippen LogP contribution in [0, 0.1) is 0 Å². The Kier molecular flexibility index (Phi) is 7.90. The van der Waals surface area contributed by atoms with Crippen molar-refractivity contribution in [3.05, 3.63) is 258 Å². The van der Waals surface area contributed by atoms with Gasteiger partial charge < -0.3 is 9.32 Å². The van der Waals surface area contributed by atoms with Gasteiger partial charge in [0, 0.05) is 44.7 Å². The van der Waals surface area contributed by atoms with E-state index < -0.39 is 5.41 Å². The highest BCUT2D eigenvalue weighted by Gasteiger charge is 2.55. The minimum atomic E-state index is -0.608. The molecule has 10 aromatic rings. The van der Waals surface area contributed by atoms with Gasteiger partial charge in [0.2, 0.25) is 0 Å². The lowest BCUT2D eigenvalue weighted by Gasteiger charge is -2.32. The average molecular weight is 818 g/mol. The van der Waals surface area contributed by atoms with E-state index >= 15 is 0 Å². The number of hydrogen-bond donors (Lipinski definition) is 0. The molecule has 1 atom stereocenters. The Bertz CT molecular complexity index is 3450. The largest absolute Gasteiger partial charge is 0.455 e. The van der Waals surface area contributed by atoms with Crippen LogP contribution in [0.2, 0.25) is 0 Å². The summed E-state index contributed by atoms with van der Waals surface area (Å²) >= 11 is 0. The zero-order valence-electron chi connectivity index (χ0n) is 35.7. The molecule has 2 nitrogen and oxygen atoms in total. The fraction of sp³-hybridized carbons (Fsp3) is 0.0645. The van der Waals surface area contributed by atoms with Gasteiger partial charge in [0.05, 0.1) is 5.41 Å². The fourth-order valence-electron chi connectivity index (χ4n) is 11.5. The number of rotatable bonds is 6. The Morgan fingerprint density at radius 2 is 0.797 bits per heavy atom. The lowest BCUT2D eigenvalue weighted by Crippen LogP contribution is -2.26. The molecule has 1 unspecified atom stereocenters. The Balaban J connectivity index is 1.05. The second-order valence-electron chi connectivity index (χ2n) is 18.0. The second-order valence-corrected chi connectivity index (χ2v) is 18.0. The molecule has 9 aromatic carbocycles. The number of nitrogens with zero attached hydrogens (tertiary/aromatic N) is 1. The maximum absolute atomic E-state index is 7.23. The summed E-state index contributed by atoms with van der Waals surface area (Å²) in [6.45, 7) is 4.73. The van der Waals surface area contributed by atoms with Gasteiger partial charge in [-0.1, -0.05) is 202 Å². The van der Waals surface area contributed by atoms with Crippen LogP contribution in [0.5, 0.6) is 0 Å². The lowest BCUT2D eigenvalue weighted by atomic mass is 9.69. The quantitative estimate of drug-likeness (QED) is 0.166. The van der Waals surface area contributed by atoms with E-state index in [2.05, 4.69) is 243 Å². The Labute approximate surface area is 374 Å². The van der Waals surface area contributed by atoms with E-state index in [1.165, 1.54) is 66.8 Å². The van der Waals surface area contributed by atoms with Crippen molar-refractivity contribution >= 4 is 17.1 Å². The van der Waals surface area contributed by atoms with Gasteiger partial charge in [0.25, 0.3) is 0 Å². The van der Waals surface area contributed by atoms with Crippen LogP contribution in [0.1, 0.15) is 47.2 Å². The summed E-state index contributed by atoms with van der Waals surface area (Å²) in [5.41, 5.74) is 22.4. The third-order valence-electron chi connectivity index (χ3n) is 14.3. The predicted octanol–water partition coefficient (Wildman–Crippen LogP) is 16.4. The van der Waals surface area contributed by atoms with Gasteiger partial charge in [-0.3, -0.25) is 0 Å². The topological polar surface area (TPSA) is 16.4 Å². The molecule has 0 aliphatic heterocycles. The van der Waals surface area contributed by atoms with Crippen molar-refractivity contribution in [3.63, 3.8) is 0 Å². The first-order chi connectivity index (χ1) is 31.5. The Morgan fingerprint density at radius 1 is 0.328 bits per heavy atom. The Hall–Kier alpha value is -7.94. The molecule has 1 aromatic heterocycles. The van der Waals surface area contributed by atoms with Gasteiger partial charge in [-0.05, 0) is 103 Å². The van der Waals surface area contributed by atoms with E-state index in [4.69, 9.17) is 4.42 Å². The summed E-state index contributed by atoms with van der Waals surface area (Å²) in [5, 5.41) is 0. The summed E-state index contributed by atoms with van der Waals surface area (Å²) in [5.74, 6) is 1.85. The summed E-state index contributed by atoms with van der Waals surface area (Å²) in [4.78, 5) is 2.46. The van der Waals surface area contributed by atoms with Crippen LogP contribution in [-0.2, 0) is 10.8 Å². The molecule has 3 aliphatic carbocycles. The highest BCUT2D eigenvalue weighted by Crippen LogP contribution is 2.67. The first-order valence-electron chi connectivity index (χ1n) is 22.3. The predicted molar refractivity (Wildman–Crippen MR) is 264 cm³/mol. The molecule has 302 valence electrons. The van der Waals surface area contributed by atoms with Crippen LogP contribution < -0.4 is 4.90 Å². The second kappa shape index (κ2) is 13.8. The van der Waals surface area contributed by atoms with Gasteiger partial charge in [-0.15, -0.1) is 0 Å². The molecule has 0 fully saturated rings. The number of furan rings is 1. The number of fused-ring (bicyclic) bond motifs is 13. The fourth-order valence-corrected chi connectivity index (χ4v) is 11.5. The third kappa shape index (κ3) is 5.08. The monoisotopic (exact) mass is 817 g/mol. The average Bonchev–Trinajstić information content (AvgIpc) is 4.05. The highest BCUT2D eigenvalue weighted by molar-refractivity contribution is 6.01. The standard InChI is InChI=1S/C62H43NO/c1-61(2)52-27-15-12-24-47(52)49-36-34-46(39-56(49)61)63(44-32-30-41(31-33-44)40-18-6-3-7-19-40)45-35-37-55-51(38-45)48-25-13-16-28-53(48)62(55)54-29-17-14-26-50(54)60-58(62)57(42-20-8-4-9-21-42)59(64-60)43-22-10-5-11-23-43/h3-39H,1-2H3. The van der Waals surface area contributed by atoms with Crippen molar-refractivity contribution in [1.29, 1.82) is 0 Å². The molecule has 64 heavy (non-hydrogen) atoms. The normalized spacial score (nSPS) is 15.5. The summed E-state index contributed by atoms with van der Waals surface area (Å²) in [7, 11) is 0. The lowest BCUT2D eigenvalue weighted by molar-refractivity contribution is 0.596. The van der Waals surface area contributed by atoms with E-state index in [1.54, 1.807) is 0 Å². The molecule has 1 heterocycles. The van der Waals surface area contributed by atoms with E-state index in [0.717, 1.165) is 50.8 Å². The minimum Gasteiger partial charge on any atom is -0.455 e. The summed E-state index contributed by atoms with van der Waals surface area (Å²) in [6.07, 6.45) is 0. The minimum absolute atomic E-state index is 0.138. The Morgan fingerprint density at radius 3 is 1.48 bits per heavy atom. The van der Waals surface area contributed by atoms with Gasteiger partial charge in [0.15, 0.2) is 0 Å². The molecule has 0 N–H and O–H groups in total. The van der Waals surface area contributed by atoms with Crippen LogP contribution in [0.25, 0.3) is 67.2 Å². The van der Waals surface area contributed by atoms with E-state index in [1.807, 2.05) is 0 Å². The molecule has 0 radical (unpaired) electrons. The maximum Gasteiger partial charge on any atom is 0.142 e. The van der Waals surface area contributed by atoms with Gasteiger partial charge in [-0.25, -0.2) is 0 Å². The summed E-state index contributed by atoms with van der Waals surface area (Å²) < 4.78 is 7.23. The van der Waals surface area contributed by atoms with Crippen molar-refractivity contribution in [3.8, 4) is 67.2 Å². The molecule has 0 saturated heterocycles. The molecular weight excluding hydrogens is 775 g/mol. The van der Waals surface area contributed by atoms with Crippen LogP contribution in [0.3, 0.4) is 0 Å². The molecular formula is C62H43NO. The van der Waals surface area contributed by atoms with Crippen molar-refractivity contribution in [1.82, 2.24) is 0 Å². The zero-order valence-corrected chi connectivity index (χ0v) is 35.7. The molecule has 0 amide bonds. The van der Waals surface area contributed by atoms with Gasteiger partial charge >= 0.3 is 0 Å². The van der Waals surface area contributed by atoms with Crippen LogP contribution in [0.4, 0.5) is 17.1 Å². The van der Waals surface area contributed by atoms with E-state index in [9.17, 15) is 0 Å². The molecule has 0 saturated carbocycles. The van der Waals surface area contributed by atoms with Gasteiger partial charge in [0.1, 0.15) is 11.5 Å². The smallest absolute Gasteiger partial charge is 0.142 e. The van der Waals surface area contributed by atoms with Crippen LogP contribution >= 0.6 is 0 Å². The van der Waals surface area contributed by atoms with Crippen LogP contribution in [-0.4, -0.2) is 0 Å². The molecule has 0 bridgehead atoms. The first kappa shape index (κ1) is 36.7. The molecule has 3 aliphatic rings. The molecule has 1 spiro atoms. The highest BCUT2D eigenvalue weighted by atomic mass is 16.3. The van der Waals surface area contributed by atoms with E-state index in [0.29, 0.717) is 0 Å². The van der Waals surface area contributed by atoms with Crippen molar-refractivity contribution in [2.24, 2.45) is 0 Å². The number of hydrogen-bond acceptors (Lipinski definition) is 2.